The highest BCUT2D eigenvalue weighted by Crippen LogP contribution is 2.15. The summed E-state index contributed by atoms with van der Waals surface area (Å²) in [6.07, 6.45) is 26.2. The third-order valence-electron chi connectivity index (χ3n) is 5.23. The minimum absolute atomic E-state index is 0.291. The van der Waals surface area contributed by atoms with Gasteiger partial charge in [-0.05, 0) is 51.4 Å². The first-order valence-electron chi connectivity index (χ1n) is 12.5. The molecule has 31 heavy (non-hydrogen) atoms. The average Bonchev–Trinajstić information content (AvgIpc) is 2.77. The normalized spacial score (nSPS) is 14.1. The van der Waals surface area contributed by atoms with Crippen LogP contribution in [0.4, 0.5) is 0 Å². The molecule has 0 bridgehead atoms. The van der Waals surface area contributed by atoms with Crippen molar-refractivity contribution in [2.75, 3.05) is 22.4 Å². The van der Waals surface area contributed by atoms with Crippen molar-refractivity contribution in [3.63, 3.8) is 0 Å². The van der Waals surface area contributed by atoms with Crippen molar-refractivity contribution in [1.82, 2.24) is 0 Å². The van der Waals surface area contributed by atoms with Crippen LogP contribution in [0.1, 0.15) is 104 Å². The molecule has 0 aromatic heterocycles. The molecule has 0 N–H and O–H groups in total. The predicted molar refractivity (Wildman–Crippen MR) is 153 cm³/mol. The van der Waals surface area contributed by atoms with Crippen molar-refractivity contribution in [3.8, 4) is 0 Å². The Morgan fingerprint density at radius 3 is 1.39 bits per heavy atom. The lowest BCUT2D eigenvalue weighted by Crippen LogP contribution is -2.19. The van der Waals surface area contributed by atoms with Crippen molar-refractivity contribution >= 4 is 45.2 Å². The maximum absolute atomic E-state index is 6.05. The van der Waals surface area contributed by atoms with E-state index in [9.17, 15) is 0 Å². The molecule has 0 radical (unpaired) electrons. The summed E-state index contributed by atoms with van der Waals surface area (Å²) in [5, 5.41) is 0. The van der Waals surface area contributed by atoms with Gasteiger partial charge in [-0.3, -0.25) is 0 Å². The fraction of sp³-hybridized carbons (Fsp3) is 0.846. The molecule has 2 atom stereocenters. The van der Waals surface area contributed by atoms with Crippen LogP contribution in [0.3, 0.4) is 0 Å². The summed E-state index contributed by atoms with van der Waals surface area (Å²) in [5.41, 5.74) is 0. The molecule has 0 aliphatic rings. The van der Waals surface area contributed by atoms with Crippen LogP contribution < -0.4 is 0 Å². The monoisotopic (exact) mass is 662 g/mol. The molecule has 0 aliphatic heterocycles. The van der Waals surface area contributed by atoms with E-state index in [1.807, 2.05) is 0 Å². The van der Waals surface area contributed by atoms with E-state index in [1.165, 1.54) is 47.4 Å². The number of ether oxygens (including phenoxy) is 3. The molecule has 0 heterocycles. The van der Waals surface area contributed by atoms with E-state index >= 15 is 0 Å². The Hall–Kier alpha value is 0.820. The molecule has 0 spiro atoms. The number of halogens is 2. The summed E-state index contributed by atoms with van der Waals surface area (Å²) >= 11 is 4.84. The van der Waals surface area contributed by atoms with Gasteiger partial charge in [-0.25, -0.2) is 0 Å². The SMILES string of the molecule is CCCCCC(CC/C=C/CCI)OCOCOC(CC/C=C/CCI)CCCCC. The van der Waals surface area contributed by atoms with Gasteiger partial charge in [0.15, 0.2) is 0 Å². The van der Waals surface area contributed by atoms with Crippen LogP contribution in [0.5, 0.6) is 0 Å². The topological polar surface area (TPSA) is 27.7 Å². The lowest BCUT2D eigenvalue weighted by molar-refractivity contribution is -0.167. The first-order chi connectivity index (χ1) is 15.3. The fourth-order valence-corrected chi connectivity index (χ4v) is 4.07. The van der Waals surface area contributed by atoms with E-state index in [-0.39, 0.29) is 0 Å². The standard InChI is InChI=1S/C26H48I2O3/c1-3-5-11-17-25(19-13-7-9-15-21-27)30-23-29-24-31-26(18-12-6-4-2)20-14-8-10-16-22-28/h7-10,25-26H,3-6,11-24H2,1-2H3/b9-7+,10-8+. The smallest absolute Gasteiger partial charge is 0.149 e. The van der Waals surface area contributed by atoms with E-state index in [2.05, 4.69) is 83.3 Å². The highest BCUT2D eigenvalue weighted by Gasteiger charge is 2.10. The van der Waals surface area contributed by atoms with Gasteiger partial charge in [-0.15, -0.1) is 0 Å². The van der Waals surface area contributed by atoms with Crippen LogP contribution >= 0.6 is 45.2 Å². The zero-order valence-corrected chi connectivity index (χ0v) is 24.5. The zero-order valence-electron chi connectivity index (χ0n) is 20.2. The fourth-order valence-electron chi connectivity index (χ4n) is 3.35. The van der Waals surface area contributed by atoms with E-state index in [4.69, 9.17) is 14.2 Å². The molecule has 2 unspecified atom stereocenters. The van der Waals surface area contributed by atoms with Crippen LogP contribution in [-0.2, 0) is 14.2 Å². The molecule has 0 aromatic rings. The molecule has 0 rings (SSSR count). The number of alkyl halides is 2. The Morgan fingerprint density at radius 1 is 0.581 bits per heavy atom. The summed E-state index contributed by atoms with van der Waals surface area (Å²) < 4.78 is 20.2. The molecule has 0 aromatic carbocycles. The predicted octanol–water partition coefficient (Wildman–Crippen LogP) is 9.17. The lowest BCUT2D eigenvalue weighted by Gasteiger charge is -2.19. The number of allylic oxidation sites excluding steroid dienone is 4. The Balaban J connectivity index is 4.17. The maximum atomic E-state index is 6.05. The van der Waals surface area contributed by atoms with Gasteiger partial charge >= 0.3 is 0 Å². The summed E-state index contributed by atoms with van der Waals surface area (Å²) in [5.74, 6) is 0. The van der Waals surface area contributed by atoms with Crippen LogP contribution in [0.2, 0.25) is 0 Å². The van der Waals surface area contributed by atoms with Gasteiger partial charge in [0.25, 0.3) is 0 Å². The zero-order chi connectivity index (χ0) is 22.8. The third kappa shape index (κ3) is 23.8. The van der Waals surface area contributed by atoms with E-state index in [0.717, 1.165) is 51.4 Å². The van der Waals surface area contributed by atoms with Crippen molar-refractivity contribution in [3.05, 3.63) is 24.3 Å². The minimum atomic E-state index is 0.291. The van der Waals surface area contributed by atoms with E-state index in [0.29, 0.717) is 25.8 Å². The van der Waals surface area contributed by atoms with Crippen molar-refractivity contribution < 1.29 is 14.2 Å². The largest absolute Gasteiger partial charge is 0.352 e. The number of unbranched alkanes of at least 4 members (excludes halogenated alkanes) is 4. The minimum Gasteiger partial charge on any atom is -0.352 e. The van der Waals surface area contributed by atoms with Gasteiger partial charge < -0.3 is 14.2 Å². The third-order valence-corrected chi connectivity index (χ3v) is 6.47. The van der Waals surface area contributed by atoms with Crippen LogP contribution in [0, 0.1) is 0 Å². The molecular formula is C26H48I2O3. The summed E-state index contributed by atoms with van der Waals surface area (Å²) in [7, 11) is 0. The number of rotatable bonds is 24. The summed E-state index contributed by atoms with van der Waals surface area (Å²) in [4.78, 5) is 0. The number of hydrogen-bond acceptors (Lipinski definition) is 3. The second-order valence-electron chi connectivity index (χ2n) is 8.06. The lowest BCUT2D eigenvalue weighted by atomic mass is 10.1. The van der Waals surface area contributed by atoms with Crippen LogP contribution in [-0.4, -0.2) is 34.6 Å². The maximum Gasteiger partial charge on any atom is 0.149 e. The molecule has 184 valence electrons. The van der Waals surface area contributed by atoms with Gasteiger partial charge in [-0.2, -0.15) is 0 Å². The molecule has 0 amide bonds. The Kier molecular flexibility index (Phi) is 27.8. The molecule has 0 saturated heterocycles. The Bertz CT molecular complexity index is 366. The first kappa shape index (κ1) is 31.8. The first-order valence-corrected chi connectivity index (χ1v) is 15.6. The molecule has 0 saturated carbocycles. The molecular weight excluding hydrogens is 614 g/mol. The van der Waals surface area contributed by atoms with Gasteiger partial charge in [0.05, 0.1) is 12.2 Å². The molecule has 3 nitrogen and oxygen atoms in total. The van der Waals surface area contributed by atoms with Gasteiger partial charge in [0, 0.05) is 8.86 Å². The van der Waals surface area contributed by atoms with Crippen molar-refractivity contribution in [1.29, 1.82) is 0 Å². The van der Waals surface area contributed by atoms with Crippen LogP contribution in [0.25, 0.3) is 0 Å². The quantitative estimate of drug-likeness (QED) is 0.0339. The second-order valence-corrected chi connectivity index (χ2v) is 10.2. The molecule has 0 aliphatic carbocycles. The van der Waals surface area contributed by atoms with E-state index in [1.54, 1.807) is 0 Å². The van der Waals surface area contributed by atoms with Gasteiger partial charge in [0.2, 0.25) is 0 Å². The van der Waals surface area contributed by atoms with E-state index < -0.39 is 0 Å². The summed E-state index contributed by atoms with van der Waals surface area (Å²) in [6, 6.07) is 0. The van der Waals surface area contributed by atoms with Crippen molar-refractivity contribution in [2.24, 2.45) is 0 Å². The van der Waals surface area contributed by atoms with Gasteiger partial charge in [-0.1, -0.05) is 122 Å². The molecule has 5 heteroatoms. The van der Waals surface area contributed by atoms with Crippen LogP contribution in [0.15, 0.2) is 24.3 Å². The van der Waals surface area contributed by atoms with Gasteiger partial charge in [0.1, 0.15) is 13.6 Å². The van der Waals surface area contributed by atoms with Crippen molar-refractivity contribution in [2.45, 2.75) is 116 Å². The molecule has 0 fully saturated rings. The average molecular weight is 662 g/mol. The highest BCUT2D eigenvalue weighted by molar-refractivity contribution is 14.1. The Labute approximate surface area is 220 Å². The Morgan fingerprint density at radius 2 is 1.00 bits per heavy atom. The number of hydrogen-bond donors (Lipinski definition) is 0. The summed E-state index contributed by atoms with van der Waals surface area (Å²) in [6.45, 7) is 5.18. The highest BCUT2D eigenvalue weighted by atomic mass is 127. The second kappa shape index (κ2) is 27.1.